The maximum absolute atomic E-state index is 11.3. The highest BCUT2D eigenvalue weighted by molar-refractivity contribution is 7.09. The van der Waals surface area contributed by atoms with E-state index in [4.69, 9.17) is 0 Å². The Kier molecular flexibility index (Phi) is 3.69. The third-order valence-electron chi connectivity index (χ3n) is 2.23. The molecule has 1 amide bonds. The minimum Gasteiger partial charge on any atom is -0.353 e. The van der Waals surface area contributed by atoms with Crippen molar-refractivity contribution in [1.29, 1.82) is 0 Å². The molecule has 2 rings (SSSR count). The molecule has 1 aromatic rings. The number of carbonyl (C=O) groups is 1. The summed E-state index contributed by atoms with van der Waals surface area (Å²) >= 11 is 1.63. The van der Waals surface area contributed by atoms with E-state index >= 15 is 0 Å². The largest absolute Gasteiger partial charge is 0.353 e. The van der Waals surface area contributed by atoms with Crippen LogP contribution in [-0.2, 0) is 11.3 Å². The van der Waals surface area contributed by atoms with Crippen molar-refractivity contribution in [3.8, 4) is 0 Å². The lowest BCUT2D eigenvalue weighted by Gasteiger charge is -2.03. The molecule has 0 aromatic carbocycles. The molecule has 82 valence electrons. The highest BCUT2D eigenvalue weighted by atomic mass is 32.1. The van der Waals surface area contributed by atoms with Crippen molar-refractivity contribution in [2.75, 3.05) is 6.54 Å². The van der Waals surface area contributed by atoms with Gasteiger partial charge >= 0.3 is 0 Å². The van der Waals surface area contributed by atoms with Gasteiger partial charge in [0.2, 0.25) is 5.91 Å². The van der Waals surface area contributed by atoms with Gasteiger partial charge in [-0.25, -0.2) is 4.98 Å². The average molecular weight is 225 g/mol. The Hall–Kier alpha value is -0.940. The molecule has 5 heteroatoms. The average Bonchev–Trinajstić information content (AvgIpc) is 2.87. The highest BCUT2D eigenvalue weighted by Crippen LogP contribution is 2.18. The zero-order valence-corrected chi connectivity index (χ0v) is 9.35. The lowest BCUT2D eigenvalue weighted by atomic mass is 10.4. The van der Waals surface area contributed by atoms with Crippen LogP contribution in [-0.4, -0.2) is 23.5 Å². The zero-order chi connectivity index (χ0) is 10.5. The summed E-state index contributed by atoms with van der Waals surface area (Å²) in [5.74, 6) is 0.157. The first-order valence-electron chi connectivity index (χ1n) is 5.23. The second-order valence-electron chi connectivity index (χ2n) is 3.69. The SMILES string of the molecule is O=C(CCNCc1nccs1)NC1CC1. The van der Waals surface area contributed by atoms with Gasteiger partial charge in [0, 0.05) is 37.1 Å². The van der Waals surface area contributed by atoms with E-state index in [2.05, 4.69) is 15.6 Å². The van der Waals surface area contributed by atoms with E-state index in [1.807, 2.05) is 5.38 Å². The summed E-state index contributed by atoms with van der Waals surface area (Å²) in [5.41, 5.74) is 0. The molecule has 0 aliphatic heterocycles. The van der Waals surface area contributed by atoms with Crippen LogP contribution in [0.5, 0.6) is 0 Å². The van der Waals surface area contributed by atoms with E-state index in [1.54, 1.807) is 17.5 Å². The van der Waals surface area contributed by atoms with Gasteiger partial charge in [-0.2, -0.15) is 0 Å². The number of nitrogens with zero attached hydrogens (tertiary/aromatic N) is 1. The first-order chi connectivity index (χ1) is 7.34. The van der Waals surface area contributed by atoms with E-state index in [-0.39, 0.29) is 5.91 Å². The molecule has 15 heavy (non-hydrogen) atoms. The third-order valence-corrected chi connectivity index (χ3v) is 3.01. The van der Waals surface area contributed by atoms with Gasteiger partial charge in [0.1, 0.15) is 5.01 Å². The molecule has 0 atom stereocenters. The molecule has 1 saturated carbocycles. The fourth-order valence-electron chi connectivity index (χ4n) is 1.27. The Morgan fingerprint density at radius 3 is 3.13 bits per heavy atom. The fraction of sp³-hybridized carbons (Fsp3) is 0.600. The Labute approximate surface area is 93.1 Å². The monoisotopic (exact) mass is 225 g/mol. The van der Waals surface area contributed by atoms with Crippen LogP contribution >= 0.6 is 11.3 Å². The van der Waals surface area contributed by atoms with E-state index in [9.17, 15) is 4.79 Å². The van der Waals surface area contributed by atoms with Crippen LogP contribution in [0.4, 0.5) is 0 Å². The van der Waals surface area contributed by atoms with Crippen LogP contribution in [0, 0.1) is 0 Å². The van der Waals surface area contributed by atoms with Crippen LogP contribution in [0.3, 0.4) is 0 Å². The molecule has 0 saturated heterocycles. The molecule has 0 radical (unpaired) electrons. The van der Waals surface area contributed by atoms with Gasteiger partial charge in [-0.15, -0.1) is 11.3 Å². The fourth-order valence-corrected chi connectivity index (χ4v) is 1.85. The van der Waals surface area contributed by atoms with E-state index in [0.717, 1.165) is 30.9 Å². The third kappa shape index (κ3) is 3.97. The number of nitrogens with one attached hydrogen (secondary N) is 2. The number of carbonyl (C=O) groups excluding carboxylic acids is 1. The number of thiazole rings is 1. The summed E-state index contributed by atoms with van der Waals surface area (Å²) in [5, 5.41) is 9.18. The van der Waals surface area contributed by atoms with Crippen molar-refractivity contribution in [1.82, 2.24) is 15.6 Å². The molecule has 1 aromatic heterocycles. The predicted octanol–water partition coefficient (Wildman–Crippen LogP) is 0.901. The minimum atomic E-state index is 0.157. The van der Waals surface area contributed by atoms with Crippen molar-refractivity contribution < 1.29 is 4.79 Å². The first-order valence-corrected chi connectivity index (χ1v) is 6.11. The number of aromatic nitrogens is 1. The lowest BCUT2D eigenvalue weighted by molar-refractivity contribution is -0.121. The van der Waals surface area contributed by atoms with Crippen LogP contribution < -0.4 is 10.6 Å². The van der Waals surface area contributed by atoms with E-state index < -0.39 is 0 Å². The standard InChI is InChI=1S/C10H15N3OS/c14-9(13-8-1-2-8)3-4-11-7-10-12-5-6-15-10/h5-6,8,11H,1-4,7H2,(H,13,14). The van der Waals surface area contributed by atoms with Gasteiger partial charge in [0.25, 0.3) is 0 Å². The molecule has 2 N–H and O–H groups in total. The molecule has 1 aliphatic carbocycles. The summed E-state index contributed by atoms with van der Waals surface area (Å²) in [6.07, 6.45) is 4.65. The van der Waals surface area contributed by atoms with Crippen LogP contribution in [0.25, 0.3) is 0 Å². The quantitative estimate of drug-likeness (QED) is 0.707. The molecule has 1 heterocycles. The predicted molar refractivity (Wildman–Crippen MR) is 59.6 cm³/mol. The van der Waals surface area contributed by atoms with Gasteiger partial charge in [-0.1, -0.05) is 0 Å². The van der Waals surface area contributed by atoms with Crippen LogP contribution in [0.2, 0.25) is 0 Å². The normalized spacial score (nSPS) is 15.2. The molecular weight excluding hydrogens is 210 g/mol. The molecule has 1 fully saturated rings. The highest BCUT2D eigenvalue weighted by Gasteiger charge is 2.22. The maximum Gasteiger partial charge on any atom is 0.221 e. The maximum atomic E-state index is 11.3. The smallest absolute Gasteiger partial charge is 0.221 e. The molecule has 1 aliphatic rings. The number of hydrogen-bond donors (Lipinski definition) is 2. The van der Waals surface area contributed by atoms with E-state index in [0.29, 0.717) is 12.5 Å². The van der Waals surface area contributed by atoms with Crippen LogP contribution in [0.1, 0.15) is 24.3 Å². The Morgan fingerprint density at radius 2 is 2.47 bits per heavy atom. The van der Waals surface area contributed by atoms with Crippen molar-refractivity contribution in [3.05, 3.63) is 16.6 Å². The van der Waals surface area contributed by atoms with Gasteiger partial charge in [-0.3, -0.25) is 4.79 Å². The summed E-state index contributed by atoms with van der Waals surface area (Å²) in [4.78, 5) is 15.4. The van der Waals surface area contributed by atoms with Crippen molar-refractivity contribution in [3.63, 3.8) is 0 Å². The Morgan fingerprint density at radius 1 is 1.60 bits per heavy atom. The molecule has 4 nitrogen and oxygen atoms in total. The summed E-state index contributed by atoms with van der Waals surface area (Å²) in [6.45, 7) is 1.48. The van der Waals surface area contributed by atoms with Crippen molar-refractivity contribution >= 4 is 17.2 Å². The number of rotatable bonds is 6. The van der Waals surface area contributed by atoms with E-state index in [1.165, 1.54) is 0 Å². The Balaban J connectivity index is 1.52. The summed E-state index contributed by atoms with van der Waals surface area (Å²) in [6, 6.07) is 0.469. The van der Waals surface area contributed by atoms with Gasteiger partial charge < -0.3 is 10.6 Å². The molecular formula is C10H15N3OS. The van der Waals surface area contributed by atoms with Gasteiger partial charge in [-0.05, 0) is 12.8 Å². The second kappa shape index (κ2) is 5.23. The first kappa shape index (κ1) is 10.6. The summed E-state index contributed by atoms with van der Waals surface area (Å²) < 4.78 is 0. The van der Waals surface area contributed by atoms with Crippen LogP contribution in [0.15, 0.2) is 11.6 Å². The number of amides is 1. The van der Waals surface area contributed by atoms with Gasteiger partial charge in [0.05, 0.1) is 0 Å². The van der Waals surface area contributed by atoms with Gasteiger partial charge in [0.15, 0.2) is 0 Å². The minimum absolute atomic E-state index is 0.157. The lowest BCUT2D eigenvalue weighted by Crippen LogP contribution is -2.28. The molecule has 0 unspecified atom stereocenters. The summed E-state index contributed by atoms with van der Waals surface area (Å²) in [7, 11) is 0. The molecule has 0 spiro atoms. The number of hydrogen-bond acceptors (Lipinski definition) is 4. The Bertz CT molecular complexity index is 308. The molecule has 0 bridgehead atoms. The van der Waals surface area contributed by atoms with Crippen molar-refractivity contribution in [2.24, 2.45) is 0 Å². The topological polar surface area (TPSA) is 54.0 Å². The van der Waals surface area contributed by atoms with Crippen molar-refractivity contribution in [2.45, 2.75) is 31.8 Å². The second-order valence-corrected chi connectivity index (χ2v) is 4.67. The zero-order valence-electron chi connectivity index (χ0n) is 8.53.